The van der Waals surface area contributed by atoms with E-state index in [0.29, 0.717) is 11.3 Å². The number of nitrogen functional groups attached to an aromatic ring is 1. The molecule has 0 aliphatic rings. The summed E-state index contributed by atoms with van der Waals surface area (Å²) in [4.78, 5) is 16.6. The lowest BCUT2D eigenvalue weighted by Crippen LogP contribution is -2.07. The molecule has 0 amide bonds. The number of hydrogen-bond donors (Lipinski definition) is 1. The van der Waals surface area contributed by atoms with Crippen molar-refractivity contribution >= 4 is 23.0 Å². The molecule has 4 nitrogen and oxygen atoms in total. The van der Waals surface area contributed by atoms with Crippen LogP contribution in [0.3, 0.4) is 0 Å². The van der Waals surface area contributed by atoms with Gasteiger partial charge in [0.15, 0.2) is 0 Å². The molecule has 2 aromatic rings. The predicted octanol–water partition coefficient (Wildman–Crippen LogP) is 2.39. The highest BCUT2D eigenvalue weighted by molar-refractivity contribution is 7.09. The van der Waals surface area contributed by atoms with Crippen molar-refractivity contribution in [2.75, 3.05) is 5.73 Å². The number of aromatic nitrogens is 1. The molecule has 5 heteroatoms. The molecule has 2 N–H and O–H groups in total. The van der Waals surface area contributed by atoms with Gasteiger partial charge < -0.3 is 10.5 Å². The van der Waals surface area contributed by atoms with Gasteiger partial charge in [0.2, 0.25) is 0 Å². The van der Waals surface area contributed by atoms with Gasteiger partial charge in [-0.1, -0.05) is 6.07 Å². The summed E-state index contributed by atoms with van der Waals surface area (Å²) < 4.78 is 5.18. The molecule has 0 radical (unpaired) electrons. The van der Waals surface area contributed by atoms with Gasteiger partial charge in [0.05, 0.1) is 16.0 Å². The fraction of sp³-hybridized carbons (Fsp3) is 0.167. The van der Waals surface area contributed by atoms with Crippen molar-refractivity contribution in [1.29, 1.82) is 0 Å². The molecule has 1 heterocycles. The fourth-order valence-corrected chi connectivity index (χ4v) is 1.89. The normalized spacial score (nSPS) is 10.2. The molecular formula is C12H12N2O2S. The molecule has 1 aromatic carbocycles. The van der Waals surface area contributed by atoms with Crippen LogP contribution in [0.5, 0.6) is 0 Å². The standard InChI is InChI=1S/C12H12N2O2S/c1-8-2-3-9(13)4-11(8)12(15)16-6-10-5-14-7-17-10/h2-5,7H,6,13H2,1H3. The van der Waals surface area contributed by atoms with Crippen molar-refractivity contribution < 1.29 is 9.53 Å². The molecule has 0 saturated carbocycles. The van der Waals surface area contributed by atoms with Gasteiger partial charge in [0.1, 0.15) is 6.61 Å². The third kappa shape index (κ3) is 2.82. The van der Waals surface area contributed by atoms with Gasteiger partial charge in [-0.15, -0.1) is 11.3 Å². The van der Waals surface area contributed by atoms with Crippen molar-refractivity contribution in [2.24, 2.45) is 0 Å². The van der Waals surface area contributed by atoms with E-state index in [1.54, 1.807) is 29.9 Å². The van der Waals surface area contributed by atoms with Crippen molar-refractivity contribution in [1.82, 2.24) is 4.98 Å². The SMILES string of the molecule is Cc1ccc(N)cc1C(=O)OCc1cncs1. The number of aryl methyl sites for hydroxylation is 1. The van der Waals surface area contributed by atoms with E-state index in [4.69, 9.17) is 10.5 Å². The number of anilines is 1. The van der Waals surface area contributed by atoms with Gasteiger partial charge in [0, 0.05) is 11.9 Å². The average Bonchev–Trinajstić information content (AvgIpc) is 2.82. The summed E-state index contributed by atoms with van der Waals surface area (Å²) in [5.41, 5.74) is 9.26. The average molecular weight is 248 g/mol. The Morgan fingerprint density at radius 2 is 2.35 bits per heavy atom. The molecule has 88 valence electrons. The molecular weight excluding hydrogens is 236 g/mol. The predicted molar refractivity (Wildman–Crippen MR) is 66.8 cm³/mol. The quantitative estimate of drug-likeness (QED) is 0.669. The third-order valence-electron chi connectivity index (χ3n) is 2.31. The minimum Gasteiger partial charge on any atom is -0.456 e. The number of ether oxygens (including phenoxy) is 1. The Kier molecular flexibility index (Phi) is 3.39. The molecule has 0 spiro atoms. The molecule has 0 aliphatic heterocycles. The Hall–Kier alpha value is -1.88. The van der Waals surface area contributed by atoms with Gasteiger partial charge in [-0.25, -0.2) is 4.79 Å². The van der Waals surface area contributed by atoms with Crippen LogP contribution in [0.4, 0.5) is 5.69 Å². The summed E-state index contributed by atoms with van der Waals surface area (Å²) in [6, 6.07) is 5.19. The van der Waals surface area contributed by atoms with E-state index >= 15 is 0 Å². The van der Waals surface area contributed by atoms with E-state index in [9.17, 15) is 4.79 Å². The van der Waals surface area contributed by atoms with Crippen molar-refractivity contribution in [3.05, 3.63) is 45.9 Å². The first kappa shape index (κ1) is 11.6. The number of carbonyl (C=O) groups excluding carboxylic acids is 1. The number of hydrogen-bond acceptors (Lipinski definition) is 5. The Morgan fingerprint density at radius 1 is 1.53 bits per heavy atom. The maximum atomic E-state index is 11.8. The van der Waals surface area contributed by atoms with Crippen LogP contribution >= 0.6 is 11.3 Å². The van der Waals surface area contributed by atoms with E-state index in [1.165, 1.54) is 11.3 Å². The first-order valence-electron chi connectivity index (χ1n) is 5.07. The van der Waals surface area contributed by atoms with Gasteiger partial charge >= 0.3 is 5.97 Å². The summed E-state index contributed by atoms with van der Waals surface area (Å²) in [6.45, 7) is 2.10. The lowest BCUT2D eigenvalue weighted by Gasteiger charge is -2.06. The Morgan fingerprint density at radius 3 is 3.06 bits per heavy atom. The highest BCUT2D eigenvalue weighted by atomic mass is 32.1. The van der Waals surface area contributed by atoms with Crippen LogP contribution in [0.2, 0.25) is 0 Å². The van der Waals surface area contributed by atoms with Crippen molar-refractivity contribution in [3.63, 3.8) is 0 Å². The largest absolute Gasteiger partial charge is 0.456 e. The zero-order valence-corrected chi connectivity index (χ0v) is 10.2. The first-order valence-corrected chi connectivity index (χ1v) is 5.95. The van der Waals surface area contributed by atoms with E-state index in [-0.39, 0.29) is 12.6 Å². The third-order valence-corrected chi connectivity index (χ3v) is 3.06. The molecule has 0 bridgehead atoms. The topological polar surface area (TPSA) is 65.2 Å². The second-order valence-corrected chi connectivity index (χ2v) is 4.59. The van der Waals surface area contributed by atoms with Crippen LogP contribution in [0.25, 0.3) is 0 Å². The molecule has 0 atom stereocenters. The van der Waals surface area contributed by atoms with Crippen LogP contribution in [-0.2, 0) is 11.3 Å². The van der Waals surface area contributed by atoms with E-state index in [0.717, 1.165) is 10.4 Å². The highest BCUT2D eigenvalue weighted by Crippen LogP contribution is 2.15. The molecule has 0 fully saturated rings. The Labute approximate surface area is 103 Å². The van der Waals surface area contributed by atoms with Crippen LogP contribution in [0, 0.1) is 6.92 Å². The summed E-state index contributed by atoms with van der Waals surface area (Å²) in [5.74, 6) is -0.358. The van der Waals surface area contributed by atoms with Crippen LogP contribution in [-0.4, -0.2) is 11.0 Å². The summed E-state index contributed by atoms with van der Waals surface area (Å²) >= 11 is 1.45. The van der Waals surface area contributed by atoms with Crippen molar-refractivity contribution in [2.45, 2.75) is 13.5 Å². The summed E-state index contributed by atoms with van der Waals surface area (Å²) in [6.07, 6.45) is 1.68. The number of esters is 1. The van der Waals surface area contributed by atoms with Crippen LogP contribution in [0.1, 0.15) is 20.8 Å². The molecule has 17 heavy (non-hydrogen) atoms. The Bertz CT molecular complexity index is 523. The van der Waals surface area contributed by atoms with Crippen molar-refractivity contribution in [3.8, 4) is 0 Å². The number of nitrogens with zero attached hydrogens (tertiary/aromatic N) is 1. The second-order valence-electron chi connectivity index (χ2n) is 3.62. The maximum Gasteiger partial charge on any atom is 0.338 e. The maximum absolute atomic E-state index is 11.8. The minimum atomic E-state index is -0.358. The van der Waals surface area contributed by atoms with Crippen LogP contribution < -0.4 is 5.73 Å². The van der Waals surface area contributed by atoms with E-state index < -0.39 is 0 Å². The van der Waals surface area contributed by atoms with Crippen LogP contribution in [0.15, 0.2) is 29.9 Å². The molecule has 2 rings (SSSR count). The van der Waals surface area contributed by atoms with Gasteiger partial charge in [-0.2, -0.15) is 0 Å². The van der Waals surface area contributed by atoms with Gasteiger partial charge in [-0.3, -0.25) is 4.98 Å². The van der Waals surface area contributed by atoms with E-state index in [1.807, 2.05) is 6.92 Å². The summed E-state index contributed by atoms with van der Waals surface area (Å²) in [7, 11) is 0. The minimum absolute atomic E-state index is 0.248. The molecule has 0 unspecified atom stereocenters. The number of benzene rings is 1. The summed E-state index contributed by atoms with van der Waals surface area (Å²) in [5, 5.41) is 0. The monoisotopic (exact) mass is 248 g/mol. The number of thiazole rings is 1. The number of nitrogens with two attached hydrogens (primary N) is 1. The van der Waals surface area contributed by atoms with Gasteiger partial charge in [-0.05, 0) is 24.6 Å². The molecule has 1 aromatic heterocycles. The smallest absolute Gasteiger partial charge is 0.338 e. The van der Waals surface area contributed by atoms with Gasteiger partial charge in [0.25, 0.3) is 0 Å². The second kappa shape index (κ2) is 4.97. The molecule has 0 saturated heterocycles. The highest BCUT2D eigenvalue weighted by Gasteiger charge is 2.11. The number of carbonyl (C=O) groups is 1. The number of rotatable bonds is 3. The zero-order chi connectivity index (χ0) is 12.3. The lowest BCUT2D eigenvalue weighted by molar-refractivity contribution is 0.0476. The fourth-order valence-electron chi connectivity index (χ4n) is 1.39. The molecule has 0 aliphatic carbocycles. The van der Waals surface area contributed by atoms with E-state index in [2.05, 4.69) is 4.98 Å². The lowest BCUT2D eigenvalue weighted by atomic mass is 10.1. The first-order chi connectivity index (χ1) is 8.16. The Balaban J connectivity index is 2.07. The zero-order valence-electron chi connectivity index (χ0n) is 9.34.